The summed E-state index contributed by atoms with van der Waals surface area (Å²) in [5, 5.41) is 4.69. The number of H-pyrrole nitrogens is 1. The van der Waals surface area contributed by atoms with E-state index in [1.54, 1.807) is 6.33 Å². The first-order valence-electron chi connectivity index (χ1n) is 9.78. The van der Waals surface area contributed by atoms with Crippen molar-refractivity contribution in [1.29, 1.82) is 0 Å². The zero-order chi connectivity index (χ0) is 20.4. The van der Waals surface area contributed by atoms with Gasteiger partial charge in [0, 0.05) is 48.2 Å². The van der Waals surface area contributed by atoms with Gasteiger partial charge in [-0.2, -0.15) is 0 Å². The number of carbonyl (C=O) groups is 1. The Hall–Kier alpha value is -3.40. The number of hydrogen-bond acceptors (Lipinski definition) is 5. The first kappa shape index (κ1) is 18.9. The molecule has 4 heterocycles. The van der Waals surface area contributed by atoms with E-state index in [0.29, 0.717) is 12.5 Å². The van der Waals surface area contributed by atoms with Crippen LogP contribution in [0.1, 0.15) is 25.5 Å². The van der Waals surface area contributed by atoms with Crippen molar-refractivity contribution in [2.45, 2.75) is 32.7 Å². The van der Waals surface area contributed by atoms with Crippen LogP contribution in [0.5, 0.6) is 0 Å². The molecule has 0 aliphatic carbocycles. The Morgan fingerprint density at radius 2 is 2.24 bits per heavy atom. The average molecular weight is 388 g/mol. The van der Waals surface area contributed by atoms with E-state index >= 15 is 0 Å². The molecule has 0 aromatic carbocycles. The van der Waals surface area contributed by atoms with Gasteiger partial charge in [0.1, 0.15) is 12.0 Å². The van der Waals surface area contributed by atoms with Crippen LogP contribution in [0.2, 0.25) is 0 Å². The summed E-state index contributed by atoms with van der Waals surface area (Å²) in [6.07, 6.45) is 11.7. The number of hydrogen-bond donors (Lipinski definition) is 2. The normalized spacial score (nSPS) is 19.1. The van der Waals surface area contributed by atoms with Crippen molar-refractivity contribution in [2.24, 2.45) is 5.92 Å². The highest BCUT2D eigenvalue weighted by Gasteiger charge is 2.28. The number of nitrogens with one attached hydrogen (secondary N) is 2. The van der Waals surface area contributed by atoms with Gasteiger partial charge < -0.3 is 15.2 Å². The lowest BCUT2D eigenvalue weighted by Crippen LogP contribution is -2.48. The lowest BCUT2D eigenvalue weighted by atomic mass is 9.94. The van der Waals surface area contributed by atoms with Gasteiger partial charge in [0.2, 0.25) is 5.91 Å². The first-order valence-corrected chi connectivity index (χ1v) is 9.78. The van der Waals surface area contributed by atoms with E-state index < -0.39 is 0 Å². The van der Waals surface area contributed by atoms with Crippen LogP contribution in [0.15, 0.2) is 30.9 Å². The van der Waals surface area contributed by atoms with Gasteiger partial charge in [-0.3, -0.25) is 4.79 Å². The van der Waals surface area contributed by atoms with Gasteiger partial charge in [-0.05, 0) is 31.4 Å². The number of fused-ring (bicyclic) bond motifs is 1. The zero-order valence-corrected chi connectivity index (χ0v) is 16.6. The molecule has 29 heavy (non-hydrogen) atoms. The van der Waals surface area contributed by atoms with Gasteiger partial charge in [0.15, 0.2) is 0 Å². The third-order valence-corrected chi connectivity index (χ3v) is 5.28. The van der Waals surface area contributed by atoms with Crippen LogP contribution in [0.3, 0.4) is 0 Å². The lowest BCUT2D eigenvalue weighted by molar-refractivity contribution is -0.131. The van der Waals surface area contributed by atoms with Crippen LogP contribution in [0, 0.1) is 25.2 Å². The maximum absolute atomic E-state index is 12.4. The van der Waals surface area contributed by atoms with Crippen molar-refractivity contribution in [3.63, 3.8) is 0 Å². The molecular weight excluding hydrogens is 364 g/mol. The summed E-state index contributed by atoms with van der Waals surface area (Å²) < 4.78 is 0. The number of aryl methyl sites for hydroxylation is 1. The standard InChI is InChI=1S/C22H24N6O/c1-4-5-20(29)28-11-14(2)8-16(12-28)27-21-17-6-7-23-22(17)24-10-18(21)19-9-15(3)25-13-26-19/h1,6-7,9-10,13-14,16H,5,8,11-12H2,2-3H3,(H2,23,24,27)/t14-,16+/m0/s1. The number of amides is 1. The number of carbonyl (C=O) groups excluding carboxylic acids is 1. The minimum absolute atomic E-state index is 0.0130. The Balaban J connectivity index is 1.70. The molecule has 1 saturated heterocycles. The molecule has 2 N–H and O–H groups in total. The fourth-order valence-electron chi connectivity index (χ4n) is 4.02. The number of rotatable bonds is 4. The fourth-order valence-corrected chi connectivity index (χ4v) is 4.02. The summed E-state index contributed by atoms with van der Waals surface area (Å²) in [6.45, 7) is 5.48. The summed E-state index contributed by atoms with van der Waals surface area (Å²) >= 11 is 0. The molecule has 1 aliphatic rings. The Kier molecular flexibility index (Phi) is 5.17. The van der Waals surface area contributed by atoms with Gasteiger partial charge in [-0.1, -0.05) is 12.8 Å². The van der Waals surface area contributed by atoms with Gasteiger partial charge in [-0.15, -0.1) is 6.42 Å². The van der Waals surface area contributed by atoms with Crippen LogP contribution in [0.4, 0.5) is 5.69 Å². The SMILES string of the molecule is C#CCC(=O)N1C[C@@H](C)C[C@@H](Nc2c(-c3cc(C)ncn3)cnc3[nH]ccc23)C1. The molecule has 2 atom stereocenters. The quantitative estimate of drug-likeness (QED) is 0.671. The van der Waals surface area contributed by atoms with Crippen molar-refractivity contribution in [3.05, 3.63) is 36.5 Å². The van der Waals surface area contributed by atoms with E-state index in [1.165, 1.54) is 0 Å². The van der Waals surface area contributed by atoms with Crippen LogP contribution < -0.4 is 5.32 Å². The molecule has 1 aliphatic heterocycles. The minimum atomic E-state index is 0.0130. The van der Waals surface area contributed by atoms with Crippen molar-refractivity contribution in [1.82, 2.24) is 24.8 Å². The highest BCUT2D eigenvalue weighted by atomic mass is 16.2. The predicted molar refractivity (Wildman–Crippen MR) is 113 cm³/mol. The first-order chi connectivity index (χ1) is 14.0. The van der Waals surface area contributed by atoms with Crippen LogP contribution >= 0.6 is 0 Å². The molecule has 3 aromatic rings. The van der Waals surface area contributed by atoms with E-state index in [-0.39, 0.29) is 18.4 Å². The third kappa shape index (κ3) is 3.92. The topological polar surface area (TPSA) is 86.8 Å². The number of aromatic amines is 1. The van der Waals surface area contributed by atoms with Gasteiger partial charge in [0.25, 0.3) is 0 Å². The lowest BCUT2D eigenvalue weighted by Gasteiger charge is -2.37. The maximum Gasteiger partial charge on any atom is 0.234 e. The second kappa shape index (κ2) is 7.92. The summed E-state index contributed by atoms with van der Waals surface area (Å²) in [5.74, 6) is 2.86. The molecule has 4 rings (SSSR count). The van der Waals surface area contributed by atoms with Crippen LogP contribution in [-0.2, 0) is 4.79 Å². The van der Waals surface area contributed by atoms with E-state index in [1.807, 2.05) is 36.4 Å². The summed E-state index contributed by atoms with van der Waals surface area (Å²) in [6, 6.07) is 4.07. The molecule has 148 valence electrons. The fraction of sp³-hybridized carbons (Fsp3) is 0.364. The number of anilines is 1. The van der Waals surface area contributed by atoms with Crippen molar-refractivity contribution in [3.8, 4) is 23.6 Å². The zero-order valence-electron chi connectivity index (χ0n) is 16.6. The van der Waals surface area contributed by atoms with Crippen molar-refractivity contribution in [2.75, 3.05) is 18.4 Å². The maximum atomic E-state index is 12.4. The number of piperidine rings is 1. The number of pyridine rings is 1. The summed E-state index contributed by atoms with van der Waals surface area (Å²) in [7, 11) is 0. The second-order valence-corrected chi connectivity index (χ2v) is 7.69. The minimum Gasteiger partial charge on any atom is -0.379 e. The van der Waals surface area contributed by atoms with Gasteiger partial charge >= 0.3 is 0 Å². The molecule has 0 unspecified atom stereocenters. The Labute approximate surface area is 170 Å². The van der Waals surface area contributed by atoms with E-state index in [4.69, 9.17) is 6.42 Å². The van der Waals surface area contributed by atoms with Gasteiger partial charge in [0.05, 0.1) is 17.8 Å². The highest BCUT2D eigenvalue weighted by Crippen LogP contribution is 2.34. The highest BCUT2D eigenvalue weighted by molar-refractivity contribution is 5.97. The molecule has 0 radical (unpaired) electrons. The average Bonchev–Trinajstić information content (AvgIpc) is 3.17. The number of terminal acetylenes is 1. The Bertz CT molecular complexity index is 1080. The second-order valence-electron chi connectivity index (χ2n) is 7.69. The molecule has 7 nitrogen and oxygen atoms in total. The number of aromatic nitrogens is 4. The molecule has 0 spiro atoms. The molecule has 3 aromatic heterocycles. The predicted octanol–water partition coefficient (Wildman–Crippen LogP) is 3.00. The van der Waals surface area contributed by atoms with Crippen molar-refractivity contribution < 1.29 is 4.79 Å². The molecule has 0 bridgehead atoms. The smallest absolute Gasteiger partial charge is 0.234 e. The molecule has 1 amide bonds. The number of likely N-dealkylation sites (tertiary alicyclic amines) is 1. The van der Waals surface area contributed by atoms with Gasteiger partial charge in [-0.25, -0.2) is 15.0 Å². The molecular formula is C22H24N6O. The third-order valence-electron chi connectivity index (χ3n) is 5.28. The molecule has 1 fully saturated rings. The van der Waals surface area contributed by atoms with E-state index in [9.17, 15) is 4.79 Å². The monoisotopic (exact) mass is 388 g/mol. The number of nitrogens with zero attached hydrogens (tertiary/aromatic N) is 4. The largest absolute Gasteiger partial charge is 0.379 e. The molecule has 0 saturated carbocycles. The Morgan fingerprint density at radius 1 is 1.38 bits per heavy atom. The Morgan fingerprint density at radius 3 is 3.03 bits per heavy atom. The van der Waals surface area contributed by atoms with E-state index in [0.717, 1.165) is 46.6 Å². The van der Waals surface area contributed by atoms with Crippen LogP contribution in [-0.4, -0.2) is 49.9 Å². The summed E-state index contributed by atoms with van der Waals surface area (Å²) in [4.78, 5) is 30.6. The summed E-state index contributed by atoms with van der Waals surface area (Å²) in [5.41, 5.74) is 4.42. The van der Waals surface area contributed by atoms with Crippen LogP contribution in [0.25, 0.3) is 22.3 Å². The van der Waals surface area contributed by atoms with E-state index in [2.05, 4.69) is 38.1 Å². The van der Waals surface area contributed by atoms with Crippen molar-refractivity contribution >= 4 is 22.6 Å². The molecule has 7 heteroatoms.